The number of carbonyl (C=O) groups excluding carboxylic acids is 2. The molecule has 2 N–H and O–H groups in total. The number of likely N-dealkylation sites (tertiary alicyclic amines) is 1. The highest BCUT2D eigenvalue weighted by atomic mass is 35.5. The molecule has 0 saturated carbocycles. The standard InChI is InChI=1S/C18H19ClN4O4S/c1-27-17(26)22-5-4-18(9-22)10-23(14-3-2-11(19)6-13(14)18)16(25)21-15-20-12(7-24)8-28-15/h2-3,6,8,24H,4-5,7,9-10H2,1H3,(H,20,21,25). The number of nitrogens with one attached hydrogen (secondary N) is 1. The SMILES string of the molecule is COC(=O)N1CCC2(C1)CN(C(=O)Nc1nc(CO)cs1)c1ccc(Cl)cc12. The third-order valence-corrected chi connectivity index (χ3v) is 6.28. The molecular formula is C18H19ClN4O4S. The molecule has 2 aliphatic heterocycles. The van der Waals surface area contributed by atoms with Gasteiger partial charge in [0.2, 0.25) is 0 Å². The van der Waals surface area contributed by atoms with Crippen molar-refractivity contribution in [2.75, 3.05) is 37.0 Å². The summed E-state index contributed by atoms with van der Waals surface area (Å²) in [4.78, 5) is 32.4. The van der Waals surface area contributed by atoms with E-state index in [9.17, 15) is 9.59 Å². The highest BCUT2D eigenvalue weighted by Crippen LogP contribution is 2.47. The van der Waals surface area contributed by atoms with Crippen LogP contribution in [0, 0.1) is 0 Å². The van der Waals surface area contributed by atoms with Crippen LogP contribution in [0.25, 0.3) is 0 Å². The Morgan fingerprint density at radius 2 is 2.25 bits per heavy atom. The van der Waals surface area contributed by atoms with Crippen LogP contribution >= 0.6 is 22.9 Å². The van der Waals surface area contributed by atoms with Crippen LogP contribution in [-0.4, -0.2) is 53.9 Å². The van der Waals surface area contributed by atoms with Gasteiger partial charge in [-0.05, 0) is 30.2 Å². The number of hydrogen-bond donors (Lipinski definition) is 2. The number of methoxy groups -OCH3 is 1. The van der Waals surface area contributed by atoms with E-state index in [0.29, 0.717) is 41.9 Å². The number of aromatic nitrogens is 1. The van der Waals surface area contributed by atoms with E-state index >= 15 is 0 Å². The first-order valence-electron chi connectivity index (χ1n) is 8.72. The summed E-state index contributed by atoms with van der Waals surface area (Å²) in [7, 11) is 1.36. The van der Waals surface area contributed by atoms with Crippen LogP contribution in [0.1, 0.15) is 17.7 Å². The highest BCUT2D eigenvalue weighted by molar-refractivity contribution is 7.13. The number of halogens is 1. The molecule has 28 heavy (non-hydrogen) atoms. The van der Waals surface area contributed by atoms with Crippen molar-refractivity contribution in [3.05, 3.63) is 39.9 Å². The van der Waals surface area contributed by atoms with Crippen molar-refractivity contribution in [3.63, 3.8) is 0 Å². The maximum atomic E-state index is 13.0. The van der Waals surface area contributed by atoms with Gasteiger partial charge in [-0.3, -0.25) is 10.2 Å². The van der Waals surface area contributed by atoms with Crippen LogP contribution in [0.2, 0.25) is 5.02 Å². The first-order chi connectivity index (χ1) is 13.5. The molecule has 0 aliphatic carbocycles. The number of urea groups is 1. The number of anilines is 2. The predicted molar refractivity (Wildman–Crippen MR) is 106 cm³/mol. The number of hydrogen-bond acceptors (Lipinski definition) is 6. The zero-order chi connectivity index (χ0) is 19.9. The number of fused-ring (bicyclic) bond motifs is 2. The molecule has 3 amide bonds. The van der Waals surface area contributed by atoms with Crippen molar-refractivity contribution in [2.24, 2.45) is 0 Å². The topological polar surface area (TPSA) is 95.0 Å². The number of nitrogens with zero attached hydrogens (tertiary/aromatic N) is 3. The van der Waals surface area contributed by atoms with Crippen molar-refractivity contribution in [2.45, 2.75) is 18.4 Å². The molecule has 1 spiro atoms. The average molecular weight is 423 g/mol. The Kier molecular flexibility index (Phi) is 4.90. The molecule has 1 aromatic carbocycles. The number of carbonyl (C=O) groups is 2. The van der Waals surface area contributed by atoms with Crippen molar-refractivity contribution in [1.82, 2.24) is 9.88 Å². The number of rotatable bonds is 2. The minimum Gasteiger partial charge on any atom is -0.453 e. The second kappa shape index (κ2) is 7.23. The second-order valence-corrected chi connectivity index (χ2v) is 8.20. The van der Waals surface area contributed by atoms with Gasteiger partial charge in [-0.2, -0.15) is 0 Å². The average Bonchev–Trinajstić information content (AvgIpc) is 3.40. The third-order valence-electron chi connectivity index (χ3n) is 5.24. The molecule has 148 valence electrons. The fourth-order valence-electron chi connectivity index (χ4n) is 3.92. The Hall–Kier alpha value is -2.36. The minimum absolute atomic E-state index is 0.177. The number of amides is 3. The van der Waals surface area contributed by atoms with Gasteiger partial charge in [-0.15, -0.1) is 11.3 Å². The summed E-state index contributed by atoms with van der Waals surface area (Å²) in [5.74, 6) is 0. The molecule has 3 heterocycles. The highest BCUT2D eigenvalue weighted by Gasteiger charge is 2.50. The quantitative estimate of drug-likeness (QED) is 0.775. The van der Waals surface area contributed by atoms with Gasteiger partial charge in [0.25, 0.3) is 0 Å². The summed E-state index contributed by atoms with van der Waals surface area (Å²) in [5.41, 5.74) is 1.85. The maximum Gasteiger partial charge on any atom is 0.409 e. The molecule has 1 fully saturated rings. The summed E-state index contributed by atoms with van der Waals surface area (Å²) in [6.45, 7) is 1.27. The van der Waals surface area contributed by atoms with E-state index in [1.54, 1.807) is 21.2 Å². The van der Waals surface area contributed by atoms with Crippen molar-refractivity contribution < 1.29 is 19.4 Å². The van der Waals surface area contributed by atoms with Gasteiger partial charge in [-0.1, -0.05) is 11.6 Å². The number of thiazole rings is 1. The monoisotopic (exact) mass is 422 g/mol. The fourth-order valence-corrected chi connectivity index (χ4v) is 4.79. The lowest BCUT2D eigenvalue weighted by molar-refractivity contribution is 0.131. The summed E-state index contributed by atoms with van der Waals surface area (Å²) < 4.78 is 4.86. The number of aliphatic hydroxyl groups is 1. The third kappa shape index (κ3) is 3.19. The van der Waals surface area contributed by atoms with Crippen molar-refractivity contribution in [3.8, 4) is 0 Å². The van der Waals surface area contributed by atoms with Crippen molar-refractivity contribution >= 4 is 45.9 Å². The van der Waals surface area contributed by atoms with Gasteiger partial charge in [0.15, 0.2) is 5.13 Å². The van der Waals surface area contributed by atoms with E-state index in [-0.39, 0.29) is 24.1 Å². The van der Waals surface area contributed by atoms with Crippen LogP contribution < -0.4 is 10.2 Å². The van der Waals surface area contributed by atoms with Gasteiger partial charge in [0.05, 0.1) is 19.4 Å². The van der Waals surface area contributed by atoms with E-state index in [2.05, 4.69) is 10.3 Å². The van der Waals surface area contributed by atoms with Gasteiger partial charge >= 0.3 is 12.1 Å². The zero-order valence-electron chi connectivity index (χ0n) is 15.1. The lowest BCUT2D eigenvalue weighted by Crippen LogP contribution is -2.41. The summed E-state index contributed by atoms with van der Waals surface area (Å²) in [6.07, 6.45) is 0.341. The first-order valence-corrected chi connectivity index (χ1v) is 9.98. The smallest absolute Gasteiger partial charge is 0.409 e. The molecule has 2 aliphatic rings. The van der Waals surface area contributed by atoms with Crippen molar-refractivity contribution in [1.29, 1.82) is 0 Å². The molecule has 10 heteroatoms. The summed E-state index contributed by atoms with van der Waals surface area (Å²) >= 11 is 7.49. The van der Waals surface area contributed by atoms with Gasteiger partial charge in [-0.25, -0.2) is 14.6 Å². The first kappa shape index (κ1) is 19.0. The molecule has 1 unspecified atom stereocenters. The summed E-state index contributed by atoms with van der Waals surface area (Å²) in [6, 6.07) is 5.14. The molecule has 0 radical (unpaired) electrons. The lowest BCUT2D eigenvalue weighted by atomic mass is 9.81. The Bertz CT molecular complexity index is 936. The van der Waals surface area contributed by atoms with E-state index in [1.807, 2.05) is 12.1 Å². The Morgan fingerprint density at radius 1 is 1.43 bits per heavy atom. The van der Waals surface area contributed by atoms with Gasteiger partial charge in [0, 0.05) is 41.1 Å². The Morgan fingerprint density at radius 3 is 2.96 bits per heavy atom. The summed E-state index contributed by atoms with van der Waals surface area (Å²) in [5, 5.41) is 14.6. The second-order valence-electron chi connectivity index (χ2n) is 6.90. The largest absolute Gasteiger partial charge is 0.453 e. The Labute approximate surface area is 170 Å². The number of benzene rings is 1. The van der Waals surface area contributed by atoms with E-state index < -0.39 is 0 Å². The van der Waals surface area contributed by atoms with Crippen LogP contribution in [0.3, 0.4) is 0 Å². The predicted octanol–water partition coefficient (Wildman–Crippen LogP) is 3.05. The number of aliphatic hydroxyl groups excluding tert-OH is 1. The normalized spacial score (nSPS) is 20.5. The molecule has 2 aromatic rings. The molecule has 8 nitrogen and oxygen atoms in total. The molecule has 1 atom stereocenters. The molecule has 1 saturated heterocycles. The lowest BCUT2D eigenvalue weighted by Gasteiger charge is -2.25. The van der Waals surface area contributed by atoms with Gasteiger partial charge in [0.1, 0.15) is 0 Å². The maximum absolute atomic E-state index is 13.0. The van der Waals surface area contributed by atoms with Crippen LogP contribution in [0.15, 0.2) is 23.6 Å². The minimum atomic E-state index is -0.384. The molecule has 4 rings (SSSR count). The van der Waals surface area contributed by atoms with Crippen LogP contribution in [-0.2, 0) is 16.8 Å². The van der Waals surface area contributed by atoms with Crippen LogP contribution in [0.4, 0.5) is 20.4 Å². The Balaban J connectivity index is 1.62. The molecule has 0 bridgehead atoms. The molecular weight excluding hydrogens is 404 g/mol. The number of ether oxygens (including phenoxy) is 1. The van der Waals surface area contributed by atoms with E-state index in [0.717, 1.165) is 11.3 Å². The molecule has 1 aromatic heterocycles. The van der Waals surface area contributed by atoms with E-state index in [1.165, 1.54) is 18.4 Å². The fraction of sp³-hybridized carbons (Fsp3) is 0.389. The van der Waals surface area contributed by atoms with Gasteiger partial charge < -0.3 is 14.7 Å². The van der Waals surface area contributed by atoms with Crippen LogP contribution in [0.5, 0.6) is 0 Å². The van der Waals surface area contributed by atoms with E-state index in [4.69, 9.17) is 21.4 Å². The zero-order valence-corrected chi connectivity index (χ0v) is 16.7.